The Labute approximate surface area is 135 Å². The molecule has 1 unspecified atom stereocenters. The predicted molar refractivity (Wildman–Crippen MR) is 85.2 cm³/mol. The standard InChI is InChI=1S/C16H20N4O3/c1-21-14-9-15(22-2)19-16(18-14)20-8-5-12(10-20)11-23-13-3-6-17-7-4-13/h3-4,6-7,9,12H,5,8,10-11H2,1-2H3. The van der Waals surface area contributed by atoms with Crippen LogP contribution in [0, 0.1) is 5.92 Å². The van der Waals surface area contributed by atoms with E-state index < -0.39 is 0 Å². The summed E-state index contributed by atoms with van der Waals surface area (Å²) in [7, 11) is 3.17. The third-order valence-electron chi connectivity index (χ3n) is 3.79. The van der Waals surface area contributed by atoms with Crippen molar-refractivity contribution in [3.05, 3.63) is 30.6 Å². The Hall–Kier alpha value is -2.57. The quantitative estimate of drug-likeness (QED) is 0.804. The molecule has 1 fully saturated rings. The lowest BCUT2D eigenvalue weighted by molar-refractivity contribution is 0.261. The molecular formula is C16H20N4O3. The number of anilines is 1. The first-order valence-electron chi connectivity index (χ1n) is 7.53. The smallest absolute Gasteiger partial charge is 0.231 e. The molecule has 122 valence electrons. The monoisotopic (exact) mass is 316 g/mol. The zero-order valence-electron chi connectivity index (χ0n) is 13.3. The molecule has 0 radical (unpaired) electrons. The van der Waals surface area contributed by atoms with E-state index in [9.17, 15) is 0 Å². The third kappa shape index (κ3) is 3.80. The molecule has 0 aliphatic carbocycles. The molecule has 2 aromatic heterocycles. The minimum Gasteiger partial charge on any atom is -0.493 e. The lowest BCUT2D eigenvalue weighted by atomic mass is 10.1. The fraction of sp³-hybridized carbons (Fsp3) is 0.438. The Morgan fingerprint density at radius 2 is 1.83 bits per heavy atom. The number of rotatable bonds is 6. The lowest BCUT2D eigenvalue weighted by Gasteiger charge is -2.17. The summed E-state index contributed by atoms with van der Waals surface area (Å²) in [6.45, 7) is 2.41. The zero-order valence-corrected chi connectivity index (χ0v) is 13.3. The van der Waals surface area contributed by atoms with E-state index in [4.69, 9.17) is 14.2 Å². The van der Waals surface area contributed by atoms with Gasteiger partial charge in [0.2, 0.25) is 17.7 Å². The van der Waals surface area contributed by atoms with Crippen molar-refractivity contribution < 1.29 is 14.2 Å². The highest BCUT2D eigenvalue weighted by molar-refractivity contribution is 5.37. The van der Waals surface area contributed by atoms with Crippen molar-refractivity contribution in [2.75, 3.05) is 38.8 Å². The number of nitrogens with zero attached hydrogens (tertiary/aromatic N) is 4. The molecule has 0 aromatic carbocycles. The Bertz CT molecular complexity index is 616. The molecule has 1 aliphatic heterocycles. The number of ether oxygens (including phenoxy) is 3. The second-order valence-corrected chi connectivity index (χ2v) is 5.35. The van der Waals surface area contributed by atoms with Crippen molar-refractivity contribution in [3.8, 4) is 17.5 Å². The Morgan fingerprint density at radius 1 is 1.13 bits per heavy atom. The minimum absolute atomic E-state index is 0.434. The van der Waals surface area contributed by atoms with Crippen LogP contribution in [0.25, 0.3) is 0 Å². The maximum Gasteiger partial charge on any atom is 0.231 e. The summed E-state index contributed by atoms with van der Waals surface area (Å²) in [5.74, 6) is 2.92. The van der Waals surface area contributed by atoms with E-state index in [0.29, 0.717) is 30.2 Å². The van der Waals surface area contributed by atoms with Crippen molar-refractivity contribution in [1.82, 2.24) is 15.0 Å². The summed E-state index contributed by atoms with van der Waals surface area (Å²) in [4.78, 5) is 14.9. The van der Waals surface area contributed by atoms with E-state index in [-0.39, 0.29) is 0 Å². The van der Waals surface area contributed by atoms with Crippen LogP contribution < -0.4 is 19.1 Å². The van der Waals surface area contributed by atoms with Gasteiger partial charge in [0.15, 0.2) is 0 Å². The van der Waals surface area contributed by atoms with Crippen LogP contribution >= 0.6 is 0 Å². The molecule has 0 bridgehead atoms. The number of methoxy groups -OCH3 is 2. The van der Waals surface area contributed by atoms with E-state index in [1.165, 1.54) is 0 Å². The highest BCUT2D eigenvalue weighted by Gasteiger charge is 2.26. The molecule has 0 spiro atoms. The second-order valence-electron chi connectivity index (χ2n) is 5.35. The molecule has 0 saturated carbocycles. The summed E-state index contributed by atoms with van der Waals surface area (Å²) in [6.07, 6.45) is 4.49. The first kappa shape index (κ1) is 15.3. The molecule has 1 saturated heterocycles. The highest BCUT2D eigenvalue weighted by Crippen LogP contribution is 2.25. The van der Waals surface area contributed by atoms with Crippen LogP contribution in [0.3, 0.4) is 0 Å². The van der Waals surface area contributed by atoms with Gasteiger partial charge in [-0.05, 0) is 18.6 Å². The molecule has 0 N–H and O–H groups in total. The molecular weight excluding hydrogens is 296 g/mol. The molecule has 2 aromatic rings. The van der Waals surface area contributed by atoms with Gasteiger partial charge in [-0.1, -0.05) is 0 Å². The van der Waals surface area contributed by atoms with E-state index in [0.717, 1.165) is 25.3 Å². The number of aromatic nitrogens is 3. The fourth-order valence-corrected chi connectivity index (χ4v) is 2.54. The predicted octanol–water partition coefficient (Wildman–Crippen LogP) is 1.79. The van der Waals surface area contributed by atoms with Crippen molar-refractivity contribution >= 4 is 5.95 Å². The van der Waals surface area contributed by atoms with Crippen molar-refractivity contribution in [1.29, 1.82) is 0 Å². The van der Waals surface area contributed by atoms with Gasteiger partial charge < -0.3 is 19.1 Å². The average molecular weight is 316 g/mol. The van der Waals surface area contributed by atoms with Crippen LogP contribution in [-0.4, -0.2) is 48.9 Å². The first-order chi connectivity index (χ1) is 11.3. The molecule has 23 heavy (non-hydrogen) atoms. The molecule has 1 aliphatic rings. The van der Waals surface area contributed by atoms with E-state index >= 15 is 0 Å². The van der Waals surface area contributed by atoms with E-state index in [2.05, 4.69) is 19.9 Å². The summed E-state index contributed by atoms with van der Waals surface area (Å²) in [6, 6.07) is 5.40. The van der Waals surface area contributed by atoms with Gasteiger partial charge in [0.1, 0.15) is 5.75 Å². The normalized spacial score (nSPS) is 17.1. The van der Waals surface area contributed by atoms with Gasteiger partial charge in [-0.25, -0.2) is 0 Å². The van der Waals surface area contributed by atoms with Crippen LogP contribution in [0.1, 0.15) is 6.42 Å². The Balaban J connectivity index is 1.61. The molecule has 7 nitrogen and oxygen atoms in total. The van der Waals surface area contributed by atoms with Crippen molar-refractivity contribution in [2.45, 2.75) is 6.42 Å². The topological polar surface area (TPSA) is 69.6 Å². The molecule has 3 heterocycles. The molecule has 0 amide bonds. The molecule has 3 rings (SSSR count). The SMILES string of the molecule is COc1cc(OC)nc(N2CCC(COc3ccncc3)C2)n1. The number of pyridine rings is 1. The van der Waals surface area contributed by atoms with E-state index in [1.807, 2.05) is 12.1 Å². The van der Waals surface area contributed by atoms with Gasteiger partial charge in [0.25, 0.3) is 0 Å². The van der Waals surface area contributed by atoms with Gasteiger partial charge in [-0.2, -0.15) is 9.97 Å². The fourth-order valence-electron chi connectivity index (χ4n) is 2.54. The number of hydrogen-bond donors (Lipinski definition) is 0. The highest BCUT2D eigenvalue weighted by atomic mass is 16.5. The van der Waals surface area contributed by atoms with Crippen LogP contribution in [0.15, 0.2) is 30.6 Å². The maximum atomic E-state index is 5.81. The minimum atomic E-state index is 0.434. The molecule has 7 heteroatoms. The van der Waals surface area contributed by atoms with Crippen LogP contribution in [0.2, 0.25) is 0 Å². The maximum absolute atomic E-state index is 5.81. The Kier molecular flexibility index (Phi) is 4.75. The van der Waals surface area contributed by atoms with Gasteiger partial charge in [0.05, 0.1) is 26.9 Å². The molecule has 1 atom stereocenters. The summed E-state index contributed by atoms with van der Waals surface area (Å²) < 4.78 is 16.2. The lowest BCUT2D eigenvalue weighted by Crippen LogP contribution is -2.24. The zero-order chi connectivity index (χ0) is 16.1. The van der Waals surface area contributed by atoms with Crippen molar-refractivity contribution in [2.24, 2.45) is 5.92 Å². The Morgan fingerprint density at radius 3 is 2.48 bits per heavy atom. The van der Waals surface area contributed by atoms with Crippen molar-refractivity contribution in [3.63, 3.8) is 0 Å². The van der Waals surface area contributed by atoms with Crippen LogP contribution in [0.4, 0.5) is 5.95 Å². The summed E-state index contributed by atoms with van der Waals surface area (Å²) in [5.41, 5.74) is 0. The van der Waals surface area contributed by atoms with E-state index in [1.54, 1.807) is 32.7 Å². The summed E-state index contributed by atoms with van der Waals surface area (Å²) in [5, 5.41) is 0. The third-order valence-corrected chi connectivity index (χ3v) is 3.79. The van der Waals surface area contributed by atoms with Gasteiger partial charge in [-0.3, -0.25) is 4.98 Å². The van der Waals surface area contributed by atoms with Crippen LogP contribution in [0.5, 0.6) is 17.5 Å². The van der Waals surface area contributed by atoms with Gasteiger partial charge >= 0.3 is 0 Å². The summed E-state index contributed by atoms with van der Waals surface area (Å²) >= 11 is 0. The van der Waals surface area contributed by atoms with Crippen LogP contribution in [-0.2, 0) is 0 Å². The number of hydrogen-bond acceptors (Lipinski definition) is 7. The average Bonchev–Trinajstić information content (AvgIpc) is 3.09. The first-order valence-corrected chi connectivity index (χ1v) is 7.53. The second kappa shape index (κ2) is 7.13. The largest absolute Gasteiger partial charge is 0.493 e. The van der Waals surface area contributed by atoms with Gasteiger partial charge in [0, 0.05) is 31.4 Å². The van der Waals surface area contributed by atoms with Gasteiger partial charge in [-0.15, -0.1) is 0 Å².